The van der Waals surface area contributed by atoms with Crippen molar-refractivity contribution in [3.63, 3.8) is 0 Å². The van der Waals surface area contributed by atoms with E-state index in [0.717, 1.165) is 17.7 Å². The van der Waals surface area contributed by atoms with Gasteiger partial charge in [-0.05, 0) is 43.8 Å². The Hall–Kier alpha value is -2.73. The second kappa shape index (κ2) is 8.97. The largest absolute Gasteiger partial charge is 0.493 e. The molecule has 1 heterocycles. The highest BCUT2D eigenvalue weighted by Crippen LogP contribution is 2.33. The first-order valence-electron chi connectivity index (χ1n) is 9.41. The lowest BCUT2D eigenvalue weighted by Crippen LogP contribution is -2.50. The average molecular weight is 384 g/mol. The van der Waals surface area contributed by atoms with Crippen molar-refractivity contribution >= 4 is 5.91 Å². The maximum absolute atomic E-state index is 12.7. The van der Waals surface area contributed by atoms with E-state index in [2.05, 4.69) is 11.9 Å². The second-order valence-corrected chi connectivity index (χ2v) is 7.05. The van der Waals surface area contributed by atoms with Crippen LogP contribution in [0.25, 0.3) is 0 Å². The lowest BCUT2D eigenvalue weighted by atomic mass is 10.0. The molecule has 0 radical (unpaired) electrons. The fourth-order valence-corrected chi connectivity index (χ4v) is 3.39. The number of amides is 1. The fourth-order valence-electron chi connectivity index (χ4n) is 3.39. The van der Waals surface area contributed by atoms with E-state index in [9.17, 15) is 4.79 Å². The van der Waals surface area contributed by atoms with Crippen molar-refractivity contribution in [3.05, 3.63) is 53.6 Å². The van der Waals surface area contributed by atoms with Crippen LogP contribution in [0.15, 0.2) is 42.5 Å². The first kappa shape index (κ1) is 20.0. The summed E-state index contributed by atoms with van der Waals surface area (Å²) in [6.45, 7) is 4.17. The normalized spacial score (nSPS) is 17.3. The van der Waals surface area contributed by atoms with Crippen LogP contribution in [-0.4, -0.2) is 63.2 Å². The number of carbonyl (C=O) groups excluding carboxylic acids is 1. The Morgan fingerprint density at radius 3 is 2.43 bits per heavy atom. The molecule has 1 aliphatic heterocycles. The molecule has 2 aromatic rings. The number of hydrogen-bond acceptors (Lipinski definition) is 5. The molecule has 0 bridgehead atoms. The zero-order chi connectivity index (χ0) is 20.1. The summed E-state index contributed by atoms with van der Waals surface area (Å²) in [6, 6.07) is 13.7. The predicted molar refractivity (Wildman–Crippen MR) is 108 cm³/mol. The van der Waals surface area contributed by atoms with Crippen molar-refractivity contribution in [3.8, 4) is 17.2 Å². The van der Waals surface area contributed by atoms with Gasteiger partial charge < -0.3 is 19.1 Å². The Labute approximate surface area is 166 Å². The van der Waals surface area contributed by atoms with Gasteiger partial charge in [-0.1, -0.05) is 23.8 Å². The van der Waals surface area contributed by atoms with Gasteiger partial charge in [-0.3, -0.25) is 9.69 Å². The molecule has 0 aromatic heterocycles. The minimum absolute atomic E-state index is 0.000785. The monoisotopic (exact) mass is 384 g/mol. The highest BCUT2D eigenvalue weighted by Gasteiger charge is 2.29. The minimum atomic E-state index is -0.000785. The molecule has 0 saturated carbocycles. The van der Waals surface area contributed by atoms with E-state index in [0.29, 0.717) is 30.3 Å². The van der Waals surface area contributed by atoms with E-state index in [-0.39, 0.29) is 18.6 Å². The Morgan fingerprint density at radius 1 is 1.04 bits per heavy atom. The quantitative estimate of drug-likeness (QED) is 0.767. The van der Waals surface area contributed by atoms with Crippen molar-refractivity contribution in [1.29, 1.82) is 0 Å². The fraction of sp³-hybridized carbons (Fsp3) is 0.409. The molecule has 6 nitrogen and oxygen atoms in total. The number of ether oxygens (including phenoxy) is 3. The number of aryl methyl sites for hydroxylation is 1. The molecule has 3 rings (SSSR count). The Balaban J connectivity index is 1.66. The third kappa shape index (κ3) is 4.57. The van der Waals surface area contributed by atoms with Crippen LogP contribution in [0.3, 0.4) is 0 Å². The summed E-state index contributed by atoms with van der Waals surface area (Å²) in [4.78, 5) is 16.8. The number of carbonyl (C=O) groups is 1. The second-order valence-electron chi connectivity index (χ2n) is 7.05. The van der Waals surface area contributed by atoms with Gasteiger partial charge in [0.2, 0.25) is 0 Å². The minimum Gasteiger partial charge on any atom is -0.493 e. The van der Waals surface area contributed by atoms with Crippen molar-refractivity contribution in [2.45, 2.75) is 13.0 Å². The van der Waals surface area contributed by atoms with E-state index in [1.54, 1.807) is 14.2 Å². The molecule has 28 heavy (non-hydrogen) atoms. The van der Waals surface area contributed by atoms with Crippen molar-refractivity contribution in [1.82, 2.24) is 9.80 Å². The van der Waals surface area contributed by atoms with Crippen LogP contribution in [0, 0.1) is 6.92 Å². The molecule has 2 aromatic carbocycles. The SMILES string of the molecule is COc1ccc(C2CN(C(=O)COc3ccc(C)cc3)CCN2C)cc1OC. The van der Waals surface area contributed by atoms with Crippen LogP contribution >= 0.6 is 0 Å². The van der Waals surface area contributed by atoms with Crippen molar-refractivity contribution in [2.24, 2.45) is 0 Å². The maximum atomic E-state index is 12.7. The molecule has 1 fully saturated rings. The number of benzene rings is 2. The van der Waals surface area contributed by atoms with Crippen molar-refractivity contribution in [2.75, 3.05) is 47.5 Å². The smallest absolute Gasteiger partial charge is 0.260 e. The topological polar surface area (TPSA) is 51.2 Å². The molecule has 0 aliphatic carbocycles. The van der Waals surface area contributed by atoms with Crippen LogP contribution in [-0.2, 0) is 4.79 Å². The Kier molecular flexibility index (Phi) is 6.41. The maximum Gasteiger partial charge on any atom is 0.260 e. The lowest BCUT2D eigenvalue weighted by Gasteiger charge is -2.39. The van der Waals surface area contributed by atoms with Gasteiger partial charge in [0.25, 0.3) is 5.91 Å². The Bertz CT molecular complexity index is 807. The molecule has 1 atom stereocenters. The van der Waals surface area contributed by atoms with Gasteiger partial charge in [0.15, 0.2) is 18.1 Å². The lowest BCUT2D eigenvalue weighted by molar-refractivity contribution is -0.136. The molecule has 0 N–H and O–H groups in total. The van der Waals surface area contributed by atoms with Gasteiger partial charge in [0, 0.05) is 19.6 Å². The molecule has 1 unspecified atom stereocenters. The third-order valence-electron chi connectivity index (χ3n) is 5.18. The van der Waals surface area contributed by atoms with Gasteiger partial charge in [0.05, 0.1) is 20.3 Å². The first-order chi connectivity index (χ1) is 13.5. The van der Waals surface area contributed by atoms with Gasteiger partial charge in [-0.25, -0.2) is 0 Å². The molecular formula is C22H28N2O4. The van der Waals surface area contributed by atoms with Crippen LogP contribution in [0.2, 0.25) is 0 Å². The zero-order valence-corrected chi connectivity index (χ0v) is 17.0. The highest BCUT2D eigenvalue weighted by molar-refractivity contribution is 5.78. The summed E-state index contributed by atoms with van der Waals surface area (Å²) in [5.41, 5.74) is 2.26. The number of piperazine rings is 1. The molecule has 6 heteroatoms. The summed E-state index contributed by atoms with van der Waals surface area (Å²) in [6.07, 6.45) is 0. The number of methoxy groups -OCH3 is 2. The summed E-state index contributed by atoms with van der Waals surface area (Å²) in [5, 5.41) is 0. The predicted octanol–water partition coefficient (Wildman–Crippen LogP) is 2.91. The Morgan fingerprint density at radius 2 is 1.75 bits per heavy atom. The molecule has 1 aliphatic rings. The summed E-state index contributed by atoms with van der Waals surface area (Å²) in [7, 11) is 5.33. The van der Waals surface area contributed by atoms with Gasteiger partial charge >= 0.3 is 0 Å². The van der Waals surface area contributed by atoms with Crippen LogP contribution in [0.5, 0.6) is 17.2 Å². The summed E-state index contributed by atoms with van der Waals surface area (Å²) in [5.74, 6) is 2.10. The number of hydrogen-bond donors (Lipinski definition) is 0. The van der Waals surface area contributed by atoms with E-state index in [4.69, 9.17) is 14.2 Å². The van der Waals surface area contributed by atoms with Crippen LogP contribution in [0.1, 0.15) is 17.2 Å². The standard InChI is InChI=1S/C22H28N2O4/c1-16-5-8-18(9-6-16)28-15-22(25)24-12-11-23(2)19(14-24)17-7-10-20(26-3)21(13-17)27-4/h5-10,13,19H,11-12,14-15H2,1-4H3. The average Bonchev–Trinajstić information content (AvgIpc) is 2.73. The highest BCUT2D eigenvalue weighted by atomic mass is 16.5. The number of rotatable bonds is 6. The van der Waals surface area contributed by atoms with Crippen LogP contribution < -0.4 is 14.2 Å². The third-order valence-corrected chi connectivity index (χ3v) is 5.18. The molecule has 0 spiro atoms. The van der Waals surface area contributed by atoms with Crippen LogP contribution in [0.4, 0.5) is 0 Å². The summed E-state index contributed by atoms with van der Waals surface area (Å²) >= 11 is 0. The summed E-state index contributed by atoms with van der Waals surface area (Å²) < 4.78 is 16.4. The zero-order valence-electron chi connectivity index (χ0n) is 17.0. The molecule has 150 valence electrons. The number of nitrogens with zero attached hydrogens (tertiary/aromatic N) is 2. The number of likely N-dealkylation sites (N-methyl/N-ethyl adjacent to an activating group) is 1. The van der Waals surface area contributed by atoms with Gasteiger partial charge in [0.1, 0.15) is 5.75 Å². The van der Waals surface area contributed by atoms with Gasteiger partial charge in [-0.2, -0.15) is 0 Å². The molecular weight excluding hydrogens is 356 g/mol. The van der Waals surface area contributed by atoms with Gasteiger partial charge in [-0.15, -0.1) is 0 Å². The molecule has 1 amide bonds. The van der Waals surface area contributed by atoms with E-state index in [1.165, 1.54) is 0 Å². The van der Waals surface area contributed by atoms with E-state index >= 15 is 0 Å². The molecule has 1 saturated heterocycles. The van der Waals surface area contributed by atoms with E-state index in [1.807, 2.05) is 54.3 Å². The first-order valence-corrected chi connectivity index (χ1v) is 9.41. The van der Waals surface area contributed by atoms with E-state index < -0.39 is 0 Å². The van der Waals surface area contributed by atoms with Crippen molar-refractivity contribution < 1.29 is 19.0 Å².